The molecule has 1 N–H and O–H groups in total. The van der Waals surface area contributed by atoms with Gasteiger partial charge in [-0.15, -0.1) is 0 Å². The van der Waals surface area contributed by atoms with Crippen LogP contribution in [0.25, 0.3) is 5.43 Å². The highest BCUT2D eigenvalue weighted by atomic mass is 16.7. The first-order valence-corrected chi connectivity index (χ1v) is 2.43. The van der Waals surface area contributed by atoms with E-state index in [1.165, 1.54) is 0 Å². The van der Waals surface area contributed by atoms with Crippen molar-refractivity contribution in [1.82, 2.24) is 15.2 Å². The average molecular weight is 142 g/mol. The van der Waals surface area contributed by atoms with E-state index in [0.29, 0.717) is 5.82 Å². The number of nitrogens with one attached hydrogen (secondary N) is 1. The van der Waals surface area contributed by atoms with Gasteiger partial charge in [0.25, 0.3) is 0 Å². The summed E-state index contributed by atoms with van der Waals surface area (Å²) in [6, 6.07) is 0. The molecule has 0 radical (unpaired) electrons. The van der Waals surface area contributed by atoms with Crippen LogP contribution in [0.2, 0.25) is 0 Å². The van der Waals surface area contributed by atoms with Crippen molar-refractivity contribution >= 4 is 5.95 Å². The van der Waals surface area contributed by atoms with Crippen molar-refractivity contribution < 1.29 is 5.03 Å². The maximum Gasteiger partial charge on any atom is 0.125 e. The molecule has 0 unspecified atom stereocenters. The third-order valence-electron chi connectivity index (χ3n) is 0.762. The van der Waals surface area contributed by atoms with Crippen molar-refractivity contribution in [2.45, 2.75) is 6.92 Å². The average Bonchev–Trinajstić information content (AvgIpc) is 2.13. The Morgan fingerprint density at radius 1 is 1.80 bits per heavy atom. The Kier molecular flexibility index (Phi) is 1.48. The van der Waals surface area contributed by atoms with E-state index in [1.54, 1.807) is 6.92 Å². The molecule has 7 nitrogen and oxygen atoms in total. The standard InChI is InChI=1S/C3H4N5O2/c1-2-4-3(6-5-2)7-8(9)10/h1H3,(H-,4,5,6,7)/q-1. The molecule has 1 aromatic heterocycles. The molecule has 0 aromatic carbocycles. The van der Waals surface area contributed by atoms with Crippen LogP contribution in [0, 0.1) is 17.0 Å². The molecule has 0 amide bonds. The molecule has 0 aliphatic heterocycles. The summed E-state index contributed by atoms with van der Waals surface area (Å²) in [6.45, 7) is 1.61. The van der Waals surface area contributed by atoms with Gasteiger partial charge in [-0.2, -0.15) is 0 Å². The van der Waals surface area contributed by atoms with E-state index >= 15 is 0 Å². The van der Waals surface area contributed by atoms with Gasteiger partial charge in [-0.05, 0) is 6.92 Å². The second kappa shape index (κ2) is 2.29. The minimum atomic E-state index is -0.833. The number of aryl methyl sites for hydroxylation is 1. The highest BCUT2D eigenvalue weighted by Gasteiger charge is 1.93. The van der Waals surface area contributed by atoms with Crippen LogP contribution in [0.4, 0.5) is 5.95 Å². The van der Waals surface area contributed by atoms with E-state index < -0.39 is 5.03 Å². The third-order valence-corrected chi connectivity index (χ3v) is 0.762. The molecule has 0 spiro atoms. The van der Waals surface area contributed by atoms with Crippen molar-refractivity contribution in [2.75, 3.05) is 0 Å². The van der Waals surface area contributed by atoms with Gasteiger partial charge in [0.1, 0.15) is 11.0 Å². The lowest BCUT2D eigenvalue weighted by Crippen LogP contribution is -1.86. The zero-order valence-electron chi connectivity index (χ0n) is 5.11. The molecule has 1 aromatic rings. The van der Waals surface area contributed by atoms with Crippen molar-refractivity contribution in [1.29, 1.82) is 0 Å². The zero-order valence-corrected chi connectivity index (χ0v) is 5.11. The van der Waals surface area contributed by atoms with Crippen molar-refractivity contribution in [3.05, 3.63) is 21.4 Å². The molecule has 7 heteroatoms. The van der Waals surface area contributed by atoms with Gasteiger partial charge in [0, 0.05) is 0 Å². The van der Waals surface area contributed by atoms with Crippen molar-refractivity contribution in [3.8, 4) is 0 Å². The Hall–Kier alpha value is -1.66. The molecule has 0 saturated heterocycles. The summed E-state index contributed by atoms with van der Waals surface area (Å²) in [6.07, 6.45) is 0. The minimum Gasteiger partial charge on any atom is -0.340 e. The molecule has 0 fully saturated rings. The molecule has 0 saturated carbocycles. The Balaban J connectivity index is 2.67. The summed E-state index contributed by atoms with van der Waals surface area (Å²) in [5.74, 6) is 0.350. The van der Waals surface area contributed by atoms with Gasteiger partial charge in [0.2, 0.25) is 0 Å². The number of nitro groups is 1. The lowest BCUT2D eigenvalue weighted by atomic mass is 10.8. The van der Waals surface area contributed by atoms with Crippen LogP contribution in [0.3, 0.4) is 0 Å². The Morgan fingerprint density at radius 3 is 2.90 bits per heavy atom. The van der Waals surface area contributed by atoms with E-state index in [1.807, 2.05) is 0 Å². The first-order valence-electron chi connectivity index (χ1n) is 2.43. The lowest BCUT2D eigenvalue weighted by Gasteiger charge is -1.92. The Bertz CT molecular complexity index is 243. The highest BCUT2D eigenvalue weighted by Crippen LogP contribution is 2.08. The molecule has 0 aliphatic rings. The minimum absolute atomic E-state index is 0.0810. The van der Waals surface area contributed by atoms with E-state index in [9.17, 15) is 10.1 Å². The maximum atomic E-state index is 9.73. The summed E-state index contributed by atoms with van der Waals surface area (Å²) in [5, 5.41) is 14.7. The van der Waals surface area contributed by atoms with E-state index in [-0.39, 0.29) is 5.95 Å². The van der Waals surface area contributed by atoms with Gasteiger partial charge in [0.05, 0.1) is 5.82 Å². The fourth-order valence-corrected chi connectivity index (χ4v) is 0.456. The quantitative estimate of drug-likeness (QED) is 0.474. The Morgan fingerprint density at radius 2 is 2.50 bits per heavy atom. The predicted molar refractivity (Wildman–Crippen MR) is 31.1 cm³/mol. The number of rotatable bonds is 2. The van der Waals surface area contributed by atoms with E-state index in [2.05, 4.69) is 20.6 Å². The van der Waals surface area contributed by atoms with Crippen LogP contribution >= 0.6 is 0 Å². The first-order chi connectivity index (χ1) is 4.68. The zero-order chi connectivity index (χ0) is 7.56. The van der Waals surface area contributed by atoms with Crippen LogP contribution in [-0.4, -0.2) is 20.2 Å². The fraction of sp³-hybridized carbons (Fsp3) is 0.333. The monoisotopic (exact) mass is 142 g/mol. The second-order valence-electron chi connectivity index (χ2n) is 1.54. The lowest BCUT2D eigenvalue weighted by molar-refractivity contribution is -0.419. The van der Waals surface area contributed by atoms with Crippen molar-refractivity contribution in [3.63, 3.8) is 0 Å². The largest absolute Gasteiger partial charge is 0.340 e. The predicted octanol–water partition coefficient (Wildman–Crippen LogP) is 0.310. The molecular weight excluding hydrogens is 138 g/mol. The van der Waals surface area contributed by atoms with Gasteiger partial charge in [0.15, 0.2) is 0 Å². The molecule has 0 bridgehead atoms. The topological polar surface area (TPSA) is 98.8 Å². The van der Waals surface area contributed by atoms with E-state index in [4.69, 9.17) is 0 Å². The van der Waals surface area contributed by atoms with Crippen LogP contribution in [0.15, 0.2) is 0 Å². The summed E-state index contributed by atoms with van der Waals surface area (Å²) < 4.78 is 0. The highest BCUT2D eigenvalue weighted by molar-refractivity contribution is 5.23. The molecule has 10 heavy (non-hydrogen) atoms. The first kappa shape index (κ1) is 6.46. The number of H-pyrrole nitrogens is 1. The van der Waals surface area contributed by atoms with Gasteiger partial charge in [-0.3, -0.25) is 0 Å². The molecule has 1 rings (SSSR count). The van der Waals surface area contributed by atoms with Gasteiger partial charge < -0.3 is 10.1 Å². The van der Waals surface area contributed by atoms with Gasteiger partial charge in [-0.1, -0.05) is 5.43 Å². The third kappa shape index (κ3) is 1.41. The fourth-order valence-electron chi connectivity index (χ4n) is 0.456. The van der Waals surface area contributed by atoms with Crippen molar-refractivity contribution in [2.24, 2.45) is 0 Å². The smallest absolute Gasteiger partial charge is 0.125 e. The normalized spacial score (nSPS) is 9.30. The summed E-state index contributed by atoms with van der Waals surface area (Å²) in [7, 11) is 0. The SMILES string of the molecule is Cc1n[nH]c([N-][N+](=O)[O-])n1. The number of nitrogens with zero attached hydrogens (tertiary/aromatic N) is 4. The maximum absolute atomic E-state index is 9.73. The van der Waals surface area contributed by atoms with Gasteiger partial charge in [-0.25, -0.2) is 15.2 Å². The Labute approximate surface area is 55.6 Å². The molecule has 0 aliphatic carbocycles. The second-order valence-corrected chi connectivity index (χ2v) is 1.54. The number of hydrogen-bond donors (Lipinski definition) is 1. The van der Waals surface area contributed by atoms with Crippen LogP contribution in [0.5, 0.6) is 0 Å². The van der Waals surface area contributed by atoms with Crippen LogP contribution in [-0.2, 0) is 0 Å². The molecule has 0 atom stereocenters. The van der Waals surface area contributed by atoms with Gasteiger partial charge >= 0.3 is 0 Å². The molecule has 54 valence electrons. The van der Waals surface area contributed by atoms with E-state index in [0.717, 1.165) is 0 Å². The van der Waals surface area contributed by atoms with Crippen LogP contribution in [0.1, 0.15) is 5.82 Å². The number of aromatic nitrogens is 3. The summed E-state index contributed by atoms with van der Waals surface area (Å²) in [4.78, 5) is 13.3. The number of hydrogen-bond acceptors (Lipinski definition) is 4. The summed E-state index contributed by atoms with van der Waals surface area (Å²) >= 11 is 0. The molecule has 1 heterocycles. The summed E-state index contributed by atoms with van der Waals surface area (Å²) in [5.41, 5.74) is 2.87. The van der Waals surface area contributed by atoms with Crippen LogP contribution < -0.4 is 0 Å². The number of aromatic amines is 1. The molecular formula is C3H4N5O2-.